The van der Waals surface area contributed by atoms with Gasteiger partial charge >= 0.3 is 6.03 Å². The molecular weight excluding hydrogens is 616 g/mol. The number of morpholine rings is 1. The van der Waals surface area contributed by atoms with Gasteiger partial charge < -0.3 is 14.4 Å². The number of Topliss-reactive ketones (excluding diaryl/α,β-unsaturated/α-hetero) is 1. The molecule has 0 radical (unpaired) electrons. The van der Waals surface area contributed by atoms with Crippen LogP contribution in [0.1, 0.15) is 15.9 Å². The van der Waals surface area contributed by atoms with Gasteiger partial charge in [0.25, 0.3) is 5.56 Å². The van der Waals surface area contributed by atoms with Gasteiger partial charge in [0.15, 0.2) is 28.9 Å². The molecule has 1 aliphatic heterocycles. The Balaban J connectivity index is 1.20. The average molecular weight is 638 g/mol. The second-order valence-electron chi connectivity index (χ2n) is 9.69. The molecular formula is C30H22ClF2N5O5S. The number of hydrogen-bond donors (Lipinski definition) is 1. The first-order valence-corrected chi connectivity index (χ1v) is 14.6. The molecule has 14 heteroatoms. The number of pyridine rings is 2. The molecule has 4 heterocycles. The first-order chi connectivity index (χ1) is 21.3. The van der Waals surface area contributed by atoms with Crippen molar-refractivity contribution in [3.8, 4) is 17.2 Å². The second kappa shape index (κ2) is 12.5. The van der Waals surface area contributed by atoms with Crippen LogP contribution in [0.4, 0.5) is 19.4 Å². The Kier molecular flexibility index (Phi) is 8.33. The molecule has 0 unspecified atom stereocenters. The number of amides is 2. The molecule has 5 aromatic rings. The number of thiazole rings is 1. The van der Waals surface area contributed by atoms with Gasteiger partial charge in [0.1, 0.15) is 15.7 Å². The number of hydrogen-bond acceptors (Lipinski definition) is 8. The number of ketones is 1. The van der Waals surface area contributed by atoms with E-state index in [-0.39, 0.29) is 34.3 Å². The molecule has 1 fully saturated rings. The molecule has 6 rings (SSSR count). The molecule has 0 saturated carbocycles. The summed E-state index contributed by atoms with van der Waals surface area (Å²) in [6.07, 6.45) is 1.08. The first kappa shape index (κ1) is 29.4. The summed E-state index contributed by atoms with van der Waals surface area (Å²) in [6, 6.07) is 11.7. The highest BCUT2D eigenvalue weighted by atomic mass is 35.5. The molecule has 10 nitrogen and oxygen atoms in total. The molecule has 1 saturated heterocycles. The summed E-state index contributed by atoms with van der Waals surface area (Å²) in [7, 11) is 0. The summed E-state index contributed by atoms with van der Waals surface area (Å²) in [5, 5.41) is 2.60. The van der Waals surface area contributed by atoms with Crippen LogP contribution in [0.15, 0.2) is 71.1 Å². The van der Waals surface area contributed by atoms with Gasteiger partial charge in [-0.15, -0.1) is 11.3 Å². The van der Waals surface area contributed by atoms with E-state index in [1.54, 1.807) is 10.4 Å². The zero-order chi connectivity index (χ0) is 30.8. The van der Waals surface area contributed by atoms with Crippen LogP contribution < -0.4 is 15.6 Å². The van der Waals surface area contributed by atoms with Crippen molar-refractivity contribution in [3.63, 3.8) is 0 Å². The van der Waals surface area contributed by atoms with Crippen molar-refractivity contribution in [1.82, 2.24) is 19.4 Å². The summed E-state index contributed by atoms with van der Waals surface area (Å²) in [5.41, 5.74) is 1.91. The smallest absolute Gasteiger partial charge is 0.323 e. The Bertz CT molecular complexity index is 1940. The Morgan fingerprint density at radius 1 is 1.02 bits per heavy atom. The van der Waals surface area contributed by atoms with Gasteiger partial charge in [0, 0.05) is 31.8 Å². The van der Waals surface area contributed by atoms with Crippen LogP contribution in [0.5, 0.6) is 11.5 Å². The maximum absolute atomic E-state index is 15.1. The lowest BCUT2D eigenvalue weighted by Crippen LogP contribution is -2.43. The highest BCUT2D eigenvalue weighted by molar-refractivity contribution is 7.16. The molecule has 3 aromatic heterocycles. The van der Waals surface area contributed by atoms with Crippen LogP contribution >= 0.6 is 22.9 Å². The fourth-order valence-corrected chi connectivity index (χ4v) is 5.62. The zero-order valence-electron chi connectivity index (χ0n) is 22.8. The number of nitrogens with one attached hydrogen (secondary N) is 1. The number of anilines is 1. The zero-order valence-corrected chi connectivity index (χ0v) is 24.3. The molecule has 0 spiro atoms. The number of aromatic nitrogens is 3. The van der Waals surface area contributed by atoms with Gasteiger partial charge in [-0.05, 0) is 48.0 Å². The summed E-state index contributed by atoms with van der Waals surface area (Å²) in [4.78, 5) is 49.6. The van der Waals surface area contributed by atoms with Crippen molar-refractivity contribution >= 4 is 50.9 Å². The van der Waals surface area contributed by atoms with E-state index in [0.717, 1.165) is 6.07 Å². The third-order valence-electron chi connectivity index (χ3n) is 6.84. The maximum Gasteiger partial charge on any atom is 0.323 e. The van der Waals surface area contributed by atoms with Crippen molar-refractivity contribution < 1.29 is 27.8 Å². The number of carbonyl (C=O) groups excluding carboxylic acids is 2. The summed E-state index contributed by atoms with van der Waals surface area (Å²) in [5.74, 6) is -1.87. The first-order valence-electron chi connectivity index (χ1n) is 13.3. The third kappa shape index (κ3) is 6.02. The van der Waals surface area contributed by atoms with E-state index in [2.05, 4.69) is 15.3 Å². The number of ether oxygens (including phenoxy) is 2. The highest BCUT2D eigenvalue weighted by Crippen LogP contribution is 2.35. The second-order valence-corrected chi connectivity index (χ2v) is 10.9. The Hall–Kier alpha value is -4.72. The van der Waals surface area contributed by atoms with Crippen LogP contribution in [0.2, 0.25) is 5.02 Å². The SMILES string of the molecule is O=C(Cc1ccc(Oc2ccnc(NC(=O)N3CCOCC3)c2Cl)c(F)c1)c1cc2ncsc2n(-c2ccc(F)cc2)c1=O. The van der Waals surface area contributed by atoms with Gasteiger partial charge in [0.2, 0.25) is 0 Å². The molecule has 2 amide bonds. The van der Waals surface area contributed by atoms with E-state index >= 15 is 4.39 Å². The number of carbonyl (C=O) groups is 2. The lowest BCUT2D eigenvalue weighted by atomic mass is 10.0. The molecule has 0 aliphatic carbocycles. The predicted molar refractivity (Wildman–Crippen MR) is 160 cm³/mol. The van der Waals surface area contributed by atoms with Gasteiger partial charge in [-0.3, -0.25) is 19.5 Å². The quantitative estimate of drug-likeness (QED) is 0.222. The van der Waals surface area contributed by atoms with Crippen molar-refractivity contribution in [2.24, 2.45) is 0 Å². The van der Waals surface area contributed by atoms with E-state index in [9.17, 15) is 18.8 Å². The maximum atomic E-state index is 15.1. The Morgan fingerprint density at radius 2 is 1.80 bits per heavy atom. The fourth-order valence-electron chi connectivity index (χ4n) is 4.63. The van der Waals surface area contributed by atoms with Crippen LogP contribution in [-0.4, -0.2) is 57.6 Å². The number of nitrogens with zero attached hydrogens (tertiary/aromatic N) is 4. The van der Waals surface area contributed by atoms with E-state index < -0.39 is 29.0 Å². The van der Waals surface area contributed by atoms with E-state index in [1.807, 2.05) is 0 Å². The van der Waals surface area contributed by atoms with E-state index in [0.29, 0.717) is 47.9 Å². The Labute approximate surface area is 257 Å². The largest absolute Gasteiger partial charge is 0.453 e. The van der Waals surface area contributed by atoms with Crippen LogP contribution in [-0.2, 0) is 11.2 Å². The number of fused-ring (bicyclic) bond motifs is 1. The van der Waals surface area contributed by atoms with Gasteiger partial charge in [-0.2, -0.15) is 0 Å². The molecule has 1 aliphatic rings. The summed E-state index contributed by atoms with van der Waals surface area (Å²) >= 11 is 7.62. The standard InChI is InChI=1S/C30H22ClF2N5O5S/c31-26-25(7-8-34-27(26)36-30(41)37-9-11-42-12-10-37)43-24-6-1-17(13-21(24)33)14-23(39)20-15-22-29(44-16-35-22)38(28(20)40)19-4-2-18(32)3-5-19/h1-8,13,15-16H,9-12,14H2,(H,34,36,41). The number of benzene rings is 2. The topological polar surface area (TPSA) is 116 Å². The third-order valence-corrected chi connectivity index (χ3v) is 8.03. The normalized spacial score (nSPS) is 13.2. The highest BCUT2D eigenvalue weighted by Gasteiger charge is 2.22. The van der Waals surface area contributed by atoms with E-state index in [4.69, 9.17) is 21.1 Å². The molecule has 2 aromatic carbocycles. The van der Waals surface area contributed by atoms with Gasteiger partial charge in [-0.25, -0.2) is 23.5 Å². The molecule has 0 bridgehead atoms. The van der Waals surface area contributed by atoms with Crippen LogP contribution in [0.3, 0.4) is 0 Å². The average Bonchev–Trinajstić information content (AvgIpc) is 3.49. The minimum atomic E-state index is -0.777. The minimum Gasteiger partial charge on any atom is -0.453 e. The number of urea groups is 1. The molecule has 44 heavy (non-hydrogen) atoms. The van der Waals surface area contributed by atoms with Gasteiger partial charge in [-0.1, -0.05) is 17.7 Å². The molecule has 1 N–H and O–H groups in total. The molecule has 0 atom stereocenters. The Morgan fingerprint density at radius 3 is 2.55 bits per heavy atom. The van der Waals surface area contributed by atoms with Crippen molar-refractivity contribution in [2.45, 2.75) is 6.42 Å². The number of halogens is 3. The molecule has 224 valence electrons. The lowest BCUT2D eigenvalue weighted by Gasteiger charge is -2.26. The lowest BCUT2D eigenvalue weighted by molar-refractivity contribution is 0.0564. The monoisotopic (exact) mass is 637 g/mol. The van der Waals surface area contributed by atoms with Crippen LogP contribution in [0.25, 0.3) is 16.0 Å². The van der Waals surface area contributed by atoms with Crippen LogP contribution in [0, 0.1) is 11.6 Å². The predicted octanol–water partition coefficient (Wildman–Crippen LogP) is 5.86. The summed E-state index contributed by atoms with van der Waals surface area (Å²) < 4.78 is 40.9. The van der Waals surface area contributed by atoms with Crippen molar-refractivity contribution in [2.75, 3.05) is 31.6 Å². The number of rotatable bonds is 7. The fraction of sp³-hybridized carbons (Fsp3) is 0.167. The van der Waals surface area contributed by atoms with E-state index in [1.165, 1.54) is 70.6 Å². The van der Waals surface area contributed by atoms with Crippen molar-refractivity contribution in [3.05, 3.63) is 104 Å². The minimum absolute atomic E-state index is 0.0253. The van der Waals surface area contributed by atoms with Gasteiger partial charge in [0.05, 0.1) is 35.5 Å². The van der Waals surface area contributed by atoms with Crippen molar-refractivity contribution in [1.29, 1.82) is 0 Å². The summed E-state index contributed by atoms with van der Waals surface area (Å²) in [6.45, 7) is 1.69.